The lowest BCUT2D eigenvalue weighted by atomic mass is 9.90. The molecule has 2 aliphatic rings. The molecule has 2 aromatic rings. The predicted molar refractivity (Wildman–Crippen MR) is 81.3 cm³/mol. The third kappa shape index (κ3) is 2.34. The second-order valence-electron chi connectivity index (χ2n) is 5.61. The molecule has 2 aromatic carbocycles. The van der Waals surface area contributed by atoms with Gasteiger partial charge in [-0.1, -0.05) is 30.3 Å². The maximum atomic E-state index is 6.28. The van der Waals surface area contributed by atoms with Gasteiger partial charge in [-0.3, -0.25) is 0 Å². The molecular formula is C18H18O4. The van der Waals surface area contributed by atoms with E-state index in [0.29, 0.717) is 6.61 Å². The highest BCUT2D eigenvalue weighted by Crippen LogP contribution is 2.42. The van der Waals surface area contributed by atoms with Gasteiger partial charge in [0.1, 0.15) is 6.10 Å². The minimum Gasteiger partial charge on any atom is -0.454 e. The summed E-state index contributed by atoms with van der Waals surface area (Å²) in [5, 5.41) is 0. The van der Waals surface area contributed by atoms with E-state index >= 15 is 0 Å². The van der Waals surface area contributed by atoms with Crippen molar-refractivity contribution in [3.63, 3.8) is 0 Å². The third-order valence-corrected chi connectivity index (χ3v) is 4.15. The van der Waals surface area contributed by atoms with E-state index < -0.39 is 0 Å². The minimum atomic E-state index is -0.0976. The van der Waals surface area contributed by atoms with Crippen LogP contribution in [0.2, 0.25) is 0 Å². The molecule has 0 aliphatic carbocycles. The summed E-state index contributed by atoms with van der Waals surface area (Å²) in [6.45, 7) is 0.869. The Hall–Kier alpha value is -2.04. The third-order valence-electron chi connectivity index (χ3n) is 4.15. The van der Waals surface area contributed by atoms with Gasteiger partial charge in [0.25, 0.3) is 0 Å². The molecule has 0 saturated heterocycles. The van der Waals surface area contributed by atoms with Crippen molar-refractivity contribution >= 4 is 0 Å². The van der Waals surface area contributed by atoms with Crippen LogP contribution in [0.1, 0.15) is 22.8 Å². The molecule has 0 N–H and O–H groups in total. The van der Waals surface area contributed by atoms with E-state index in [1.54, 1.807) is 7.11 Å². The highest BCUT2D eigenvalue weighted by atomic mass is 16.7. The van der Waals surface area contributed by atoms with E-state index in [0.717, 1.165) is 29.0 Å². The zero-order valence-corrected chi connectivity index (χ0v) is 12.5. The van der Waals surface area contributed by atoms with Crippen molar-refractivity contribution in [3.8, 4) is 11.5 Å². The molecule has 0 spiro atoms. The zero-order valence-electron chi connectivity index (χ0n) is 12.5. The van der Waals surface area contributed by atoms with Crippen molar-refractivity contribution in [2.45, 2.75) is 18.6 Å². The lowest BCUT2D eigenvalue weighted by molar-refractivity contribution is -0.0431. The Morgan fingerprint density at radius 2 is 1.86 bits per heavy atom. The molecule has 4 nitrogen and oxygen atoms in total. The molecule has 4 heteroatoms. The normalized spacial score (nSPS) is 22.4. The first-order valence-electron chi connectivity index (χ1n) is 7.47. The van der Waals surface area contributed by atoms with Crippen LogP contribution in [-0.4, -0.2) is 26.6 Å². The Kier molecular flexibility index (Phi) is 3.48. The van der Waals surface area contributed by atoms with Crippen molar-refractivity contribution in [3.05, 3.63) is 59.2 Å². The topological polar surface area (TPSA) is 36.9 Å². The summed E-state index contributed by atoms with van der Waals surface area (Å²) in [6, 6.07) is 14.4. The van der Waals surface area contributed by atoms with E-state index in [-0.39, 0.29) is 19.0 Å². The van der Waals surface area contributed by atoms with Gasteiger partial charge in [0, 0.05) is 13.5 Å². The van der Waals surface area contributed by atoms with Gasteiger partial charge in [0.15, 0.2) is 11.5 Å². The minimum absolute atomic E-state index is 0.0445. The fourth-order valence-corrected chi connectivity index (χ4v) is 3.15. The summed E-state index contributed by atoms with van der Waals surface area (Å²) in [7, 11) is 1.70. The van der Waals surface area contributed by atoms with Crippen LogP contribution >= 0.6 is 0 Å². The quantitative estimate of drug-likeness (QED) is 0.872. The maximum Gasteiger partial charge on any atom is 0.231 e. The first kappa shape index (κ1) is 13.6. The zero-order chi connectivity index (χ0) is 14.9. The second kappa shape index (κ2) is 5.63. The molecule has 2 aliphatic heterocycles. The van der Waals surface area contributed by atoms with Crippen molar-refractivity contribution < 1.29 is 18.9 Å². The number of rotatable bonds is 3. The van der Waals surface area contributed by atoms with Crippen LogP contribution in [0.5, 0.6) is 11.5 Å². The molecule has 0 bridgehead atoms. The predicted octanol–water partition coefficient (Wildman–Crippen LogP) is 3.09. The fourth-order valence-electron chi connectivity index (χ4n) is 3.15. The average Bonchev–Trinajstić information content (AvgIpc) is 3.00. The van der Waals surface area contributed by atoms with Gasteiger partial charge in [-0.25, -0.2) is 0 Å². The molecule has 114 valence electrons. The number of hydrogen-bond acceptors (Lipinski definition) is 4. The van der Waals surface area contributed by atoms with Crippen molar-refractivity contribution in [1.82, 2.24) is 0 Å². The molecule has 2 unspecified atom stereocenters. The Morgan fingerprint density at radius 1 is 1.09 bits per heavy atom. The lowest BCUT2D eigenvalue weighted by Crippen LogP contribution is -2.30. The van der Waals surface area contributed by atoms with Crippen LogP contribution < -0.4 is 9.47 Å². The highest BCUT2D eigenvalue weighted by molar-refractivity contribution is 5.52. The molecule has 22 heavy (non-hydrogen) atoms. The standard InChI is InChI=1S/C18H18O4/c1-19-10-14-7-13-8-16-17(21-11-20-16)9-15(13)18(22-14)12-5-3-2-4-6-12/h2-6,8-9,14,18H,7,10-11H2,1H3. The van der Waals surface area contributed by atoms with Crippen LogP contribution in [0, 0.1) is 0 Å². The fraction of sp³-hybridized carbons (Fsp3) is 0.333. The lowest BCUT2D eigenvalue weighted by Gasteiger charge is -2.32. The first-order valence-corrected chi connectivity index (χ1v) is 7.47. The summed E-state index contributed by atoms with van der Waals surface area (Å²) in [5.41, 5.74) is 3.54. The molecule has 0 radical (unpaired) electrons. The van der Waals surface area contributed by atoms with Crippen molar-refractivity contribution in [1.29, 1.82) is 0 Å². The van der Waals surface area contributed by atoms with E-state index in [9.17, 15) is 0 Å². The van der Waals surface area contributed by atoms with Gasteiger partial charge in [-0.15, -0.1) is 0 Å². The molecule has 0 aromatic heterocycles. The Labute approximate surface area is 129 Å². The number of ether oxygens (including phenoxy) is 4. The molecule has 2 atom stereocenters. The first-order chi connectivity index (χ1) is 10.8. The van der Waals surface area contributed by atoms with Gasteiger partial charge in [0.05, 0.1) is 12.7 Å². The Morgan fingerprint density at radius 3 is 2.64 bits per heavy atom. The number of benzene rings is 2. The van der Waals surface area contributed by atoms with Crippen molar-refractivity contribution in [2.24, 2.45) is 0 Å². The monoisotopic (exact) mass is 298 g/mol. The molecule has 0 fully saturated rings. The van der Waals surface area contributed by atoms with E-state index in [1.807, 2.05) is 18.2 Å². The molecular weight excluding hydrogens is 280 g/mol. The number of methoxy groups -OCH3 is 1. The second-order valence-corrected chi connectivity index (χ2v) is 5.61. The molecule has 0 saturated carbocycles. The summed E-state index contributed by atoms with van der Waals surface area (Å²) < 4.78 is 22.6. The maximum absolute atomic E-state index is 6.28. The molecule has 0 amide bonds. The van der Waals surface area contributed by atoms with E-state index in [1.165, 1.54) is 5.56 Å². The van der Waals surface area contributed by atoms with Crippen LogP contribution in [0.15, 0.2) is 42.5 Å². The van der Waals surface area contributed by atoms with Crippen molar-refractivity contribution in [2.75, 3.05) is 20.5 Å². The van der Waals surface area contributed by atoms with Crippen LogP contribution in [-0.2, 0) is 15.9 Å². The summed E-state index contributed by atoms with van der Waals surface area (Å²) in [4.78, 5) is 0. The van der Waals surface area contributed by atoms with Crippen LogP contribution in [0.3, 0.4) is 0 Å². The molecule has 2 heterocycles. The van der Waals surface area contributed by atoms with Gasteiger partial charge >= 0.3 is 0 Å². The highest BCUT2D eigenvalue weighted by Gasteiger charge is 2.31. The van der Waals surface area contributed by atoms with Crippen LogP contribution in [0.4, 0.5) is 0 Å². The summed E-state index contributed by atoms with van der Waals surface area (Å²) in [5.74, 6) is 1.62. The Balaban J connectivity index is 1.78. The van der Waals surface area contributed by atoms with E-state index in [2.05, 4.69) is 24.3 Å². The molecule has 4 rings (SSSR count). The largest absolute Gasteiger partial charge is 0.454 e. The number of fused-ring (bicyclic) bond motifs is 2. The smallest absolute Gasteiger partial charge is 0.231 e. The Bertz CT molecular complexity index is 668. The van der Waals surface area contributed by atoms with Gasteiger partial charge in [0.2, 0.25) is 6.79 Å². The summed E-state index contributed by atoms with van der Waals surface area (Å²) in [6.07, 6.45) is 0.769. The van der Waals surface area contributed by atoms with E-state index in [4.69, 9.17) is 18.9 Å². The number of hydrogen-bond donors (Lipinski definition) is 0. The van der Waals surface area contributed by atoms with Gasteiger partial charge in [-0.05, 0) is 28.8 Å². The average molecular weight is 298 g/mol. The SMILES string of the molecule is COCC1Cc2cc3c(cc2C(c2ccccc2)O1)OCO3. The summed E-state index contributed by atoms with van der Waals surface area (Å²) >= 11 is 0. The van der Waals surface area contributed by atoms with Gasteiger partial charge in [-0.2, -0.15) is 0 Å². The van der Waals surface area contributed by atoms with Crippen LogP contribution in [0.25, 0.3) is 0 Å². The van der Waals surface area contributed by atoms with Gasteiger partial charge < -0.3 is 18.9 Å².